The molecule has 2 atom stereocenters. The van der Waals surface area contributed by atoms with E-state index in [1.54, 1.807) is 11.4 Å². The predicted octanol–water partition coefficient (Wildman–Crippen LogP) is 1.46. The fourth-order valence-corrected chi connectivity index (χ4v) is 4.82. The number of piperidine rings is 1. The summed E-state index contributed by atoms with van der Waals surface area (Å²) in [6.07, 6.45) is 3.22. The van der Waals surface area contributed by atoms with Crippen molar-refractivity contribution >= 4 is 10.0 Å². The first-order chi connectivity index (χ1) is 10.5. The Morgan fingerprint density at radius 3 is 2.68 bits per heavy atom. The average molecular weight is 335 g/mol. The molecule has 2 saturated heterocycles. The van der Waals surface area contributed by atoms with Gasteiger partial charge >= 0.3 is 0 Å². The monoisotopic (exact) mass is 335 g/mol. The van der Waals surface area contributed by atoms with Crippen LogP contribution in [0.15, 0.2) is 0 Å². The first-order valence-corrected chi connectivity index (χ1v) is 9.84. The van der Waals surface area contributed by atoms with Crippen molar-refractivity contribution in [3.63, 3.8) is 0 Å². The second-order valence-corrected chi connectivity index (χ2v) is 8.45. The molecule has 0 aliphatic carbocycles. The predicted molar refractivity (Wildman–Crippen MR) is 84.0 cm³/mol. The van der Waals surface area contributed by atoms with Crippen molar-refractivity contribution in [1.29, 1.82) is 0 Å². The first kappa shape index (κ1) is 18.1. The molecule has 7 heteroatoms. The minimum Gasteiger partial charge on any atom is -0.385 e. The van der Waals surface area contributed by atoms with E-state index >= 15 is 0 Å². The zero-order chi connectivity index (χ0) is 16.0. The van der Waals surface area contributed by atoms with Gasteiger partial charge in [-0.05, 0) is 31.6 Å². The Labute approximate surface area is 134 Å². The van der Waals surface area contributed by atoms with Gasteiger partial charge in [-0.2, -0.15) is 0 Å². The summed E-state index contributed by atoms with van der Waals surface area (Å²) in [6, 6.07) is 0. The Morgan fingerprint density at radius 2 is 2.00 bits per heavy atom. The van der Waals surface area contributed by atoms with Gasteiger partial charge in [0.2, 0.25) is 10.0 Å². The zero-order valence-electron chi connectivity index (χ0n) is 13.7. The lowest BCUT2D eigenvalue weighted by Gasteiger charge is -2.34. The van der Waals surface area contributed by atoms with Crippen molar-refractivity contribution < 1.29 is 22.6 Å². The lowest BCUT2D eigenvalue weighted by atomic mass is 9.99. The molecule has 2 aliphatic heterocycles. The molecule has 0 aromatic carbocycles. The second kappa shape index (κ2) is 8.59. The highest BCUT2D eigenvalue weighted by atomic mass is 32.2. The quantitative estimate of drug-likeness (QED) is 0.672. The molecule has 2 fully saturated rings. The molecule has 6 nitrogen and oxygen atoms in total. The Kier molecular flexibility index (Phi) is 7.08. The molecule has 0 radical (unpaired) electrons. The van der Waals surface area contributed by atoms with Gasteiger partial charge < -0.3 is 14.2 Å². The lowest BCUT2D eigenvalue weighted by molar-refractivity contribution is -0.0940. The van der Waals surface area contributed by atoms with Crippen LogP contribution < -0.4 is 0 Å². The van der Waals surface area contributed by atoms with Crippen LogP contribution in [0.2, 0.25) is 0 Å². The number of hydrogen-bond donors (Lipinski definition) is 0. The highest BCUT2D eigenvalue weighted by Crippen LogP contribution is 2.27. The molecule has 0 unspecified atom stereocenters. The van der Waals surface area contributed by atoms with E-state index in [1.807, 2.05) is 0 Å². The molecule has 0 N–H and O–H groups in total. The maximum absolute atomic E-state index is 12.5. The Bertz CT molecular complexity index is 422. The SMILES string of the molecule is COCC[C@@H](C)CCS(=O)(=O)N1CCC[C@H](C2OCCO2)C1. The second-order valence-electron chi connectivity index (χ2n) is 6.36. The molecule has 0 spiro atoms. The zero-order valence-corrected chi connectivity index (χ0v) is 14.5. The van der Waals surface area contributed by atoms with Crippen LogP contribution in [0.5, 0.6) is 0 Å². The van der Waals surface area contributed by atoms with E-state index in [4.69, 9.17) is 14.2 Å². The molecule has 2 heterocycles. The first-order valence-electron chi connectivity index (χ1n) is 8.23. The van der Waals surface area contributed by atoms with Gasteiger partial charge in [-0.1, -0.05) is 6.92 Å². The molecule has 2 rings (SSSR count). The molecule has 0 amide bonds. The average Bonchev–Trinajstić information content (AvgIpc) is 3.05. The third-order valence-corrected chi connectivity index (χ3v) is 6.40. The van der Waals surface area contributed by atoms with Crippen molar-refractivity contribution in [1.82, 2.24) is 4.31 Å². The number of methoxy groups -OCH3 is 1. The summed E-state index contributed by atoms with van der Waals surface area (Å²) in [4.78, 5) is 0. The number of rotatable bonds is 8. The summed E-state index contributed by atoms with van der Waals surface area (Å²) < 4.78 is 42.8. The van der Waals surface area contributed by atoms with Crippen molar-refractivity contribution in [3.8, 4) is 0 Å². The van der Waals surface area contributed by atoms with E-state index in [1.165, 1.54) is 0 Å². The minimum absolute atomic E-state index is 0.164. The van der Waals surface area contributed by atoms with Crippen LogP contribution in [0, 0.1) is 11.8 Å². The summed E-state index contributed by atoms with van der Waals surface area (Å²) in [6.45, 7) is 5.14. The van der Waals surface area contributed by atoms with Crippen LogP contribution >= 0.6 is 0 Å². The summed E-state index contributed by atoms with van der Waals surface area (Å²) in [5, 5.41) is 0. The van der Waals surface area contributed by atoms with Gasteiger partial charge in [0.1, 0.15) is 0 Å². The van der Waals surface area contributed by atoms with E-state index in [-0.39, 0.29) is 18.0 Å². The summed E-state index contributed by atoms with van der Waals surface area (Å²) in [5.41, 5.74) is 0. The van der Waals surface area contributed by atoms with Crippen LogP contribution in [0.3, 0.4) is 0 Å². The summed E-state index contributed by atoms with van der Waals surface area (Å²) in [5.74, 6) is 0.741. The fraction of sp³-hybridized carbons (Fsp3) is 1.00. The lowest BCUT2D eigenvalue weighted by Crippen LogP contribution is -2.44. The van der Waals surface area contributed by atoms with Crippen LogP contribution in [0.1, 0.15) is 32.6 Å². The Morgan fingerprint density at radius 1 is 1.27 bits per heavy atom. The van der Waals surface area contributed by atoms with Crippen molar-refractivity contribution in [2.45, 2.75) is 38.9 Å². The topological polar surface area (TPSA) is 65.1 Å². The van der Waals surface area contributed by atoms with Gasteiger partial charge in [0.15, 0.2) is 6.29 Å². The third kappa shape index (κ3) is 5.16. The van der Waals surface area contributed by atoms with Crippen molar-refractivity contribution in [2.24, 2.45) is 11.8 Å². The molecule has 0 aromatic rings. The van der Waals surface area contributed by atoms with Gasteiger partial charge in [-0.3, -0.25) is 0 Å². The normalized spacial score (nSPS) is 26.4. The van der Waals surface area contributed by atoms with Crippen LogP contribution in [-0.2, 0) is 24.2 Å². The molecule has 130 valence electrons. The molecule has 0 bridgehead atoms. The van der Waals surface area contributed by atoms with Crippen LogP contribution in [0.4, 0.5) is 0 Å². The highest BCUT2D eigenvalue weighted by molar-refractivity contribution is 7.89. The molecule has 0 saturated carbocycles. The fourth-order valence-electron chi connectivity index (χ4n) is 3.04. The van der Waals surface area contributed by atoms with E-state index in [0.29, 0.717) is 45.2 Å². The number of nitrogens with zero attached hydrogens (tertiary/aromatic N) is 1. The van der Waals surface area contributed by atoms with Crippen molar-refractivity contribution in [3.05, 3.63) is 0 Å². The molecular formula is C15H29NO5S. The third-order valence-electron chi connectivity index (χ3n) is 4.53. The van der Waals surface area contributed by atoms with Crippen molar-refractivity contribution in [2.75, 3.05) is 45.8 Å². The smallest absolute Gasteiger partial charge is 0.214 e. The highest BCUT2D eigenvalue weighted by Gasteiger charge is 2.35. The van der Waals surface area contributed by atoms with E-state index in [0.717, 1.165) is 19.3 Å². The standard InChI is InChI=1S/C15H29NO5S/c1-13(5-8-19-2)6-11-22(17,18)16-7-3-4-14(12-16)15-20-9-10-21-15/h13-15H,3-12H2,1-2H3/t13-,14+/m1/s1. The van der Waals surface area contributed by atoms with Gasteiger partial charge in [-0.25, -0.2) is 12.7 Å². The van der Waals surface area contributed by atoms with E-state index in [2.05, 4.69) is 6.92 Å². The molecule has 0 aromatic heterocycles. The van der Waals surface area contributed by atoms with Crippen LogP contribution in [-0.4, -0.2) is 64.8 Å². The van der Waals surface area contributed by atoms with Gasteiger partial charge in [0, 0.05) is 32.7 Å². The summed E-state index contributed by atoms with van der Waals surface area (Å²) in [7, 11) is -1.51. The Balaban J connectivity index is 1.82. The van der Waals surface area contributed by atoms with Gasteiger partial charge in [0.05, 0.1) is 19.0 Å². The number of hydrogen-bond acceptors (Lipinski definition) is 5. The molecule has 22 heavy (non-hydrogen) atoms. The number of ether oxygens (including phenoxy) is 3. The molecule has 2 aliphatic rings. The maximum atomic E-state index is 12.5. The summed E-state index contributed by atoms with van der Waals surface area (Å²) >= 11 is 0. The number of sulfonamides is 1. The van der Waals surface area contributed by atoms with Gasteiger partial charge in [0.25, 0.3) is 0 Å². The maximum Gasteiger partial charge on any atom is 0.214 e. The van der Waals surface area contributed by atoms with Crippen LogP contribution in [0.25, 0.3) is 0 Å². The van der Waals surface area contributed by atoms with E-state index < -0.39 is 10.0 Å². The molecular weight excluding hydrogens is 306 g/mol. The largest absolute Gasteiger partial charge is 0.385 e. The Hall–Kier alpha value is -0.210. The minimum atomic E-state index is -3.18. The van der Waals surface area contributed by atoms with Gasteiger partial charge in [-0.15, -0.1) is 0 Å². The van der Waals surface area contributed by atoms with E-state index in [9.17, 15) is 8.42 Å².